The molecule has 18 heavy (non-hydrogen) atoms. The number of rotatable bonds is 4. The minimum atomic E-state index is 0.0537. The lowest BCUT2D eigenvalue weighted by Gasteiger charge is -2.34. The molecule has 2 aliphatic rings. The summed E-state index contributed by atoms with van der Waals surface area (Å²) in [5.74, 6) is 0.394. The van der Waals surface area contributed by atoms with Gasteiger partial charge in [0.1, 0.15) is 0 Å². The van der Waals surface area contributed by atoms with Gasteiger partial charge < -0.3 is 16.0 Å². The standard InChI is InChI=1S/C12H22N4O2/c1-13-11(17)8-16-4-2-10(3-5-16)15-12(18)9-6-14-7-9/h9-10,14H,2-8H2,1H3,(H,13,17)(H,15,18). The summed E-state index contributed by atoms with van der Waals surface area (Å²) in [7, 11) is 1.65. The number of nitrogens with zero attached hydrogens (tertiary/aromatic N) is 1. The van der Waals surface area contributed by atoms with E-state index in [0.29, 0.717) is 6.54 Å². The van der Waals surface area contributed by atoms with Crippen molar-refractivity contribution in [3.05, 3.63) is 0 Å². The van der Waals surface area contributed by atoms with Gasteiger partial charge >= 0.3 is 0 Å². The molecule has 2 saturated heterocycles. The Kier molecular flexibility index (Phi) is 4.54. The van der Waals surface area contributed by atoms with Gasteiger partial charge in [-0.2, -0.15) is 0 Å². The number of likely N-dealkylation sites (N-methyl/N-ethyl adjacent to an activating group) is 1. The highest BCUT2D eigenvalue weighted by atomic mass is 16.2. The molecule has 2 aliphatic heterocycles. The van der Waals surface area contributed by atoms with Crippen LogP contribution in [0.1, 0.15) is 12.8 Å². The summed E-state index contributed by atoms with van der Waals surface area (Å²) in [5.41, 5.74) is 0. The lowest BCUT2D eigenvalue weighted by atomic mass is 9.99. The molecule has 2 amide bonds. The molecule has 0 spiro atoms. The van der Waals surface area contributed by atoms with Gasteiger partial charge in [0, 0.05) is 39.3 Å². The van der Waals surface area contributed by atoms with E-state index in [0.717, 1.165) is 39.0 Å². The highest BCUT2D eigenvalue weighted by molar-refractivity contribution is 5.80. The van der Waals surface area contributed by atoms with Crippen molar-refractivity contribution in [1.82, 2.24) is 20.9 Å². The van der Waals surface area contributed by atoms with Crippen molar-refractivity contribution in [2.75, 3.05) is 39.8 Å². The molecule has 6 heteroatoms. The molecule has 0 atom stereocenters. The third kappa shape index (κ3) is 3.43. The zero-order chi connectivity index (χ0) is 13.0. The van der Waals surface area contributed by atoms with E-state index in [4.69, 9.17) is 0 Å². The first-order valence-corrected chi connectivity index (χ1v) is 6.63. The quantitative estimate of drug-likeness (QED) is 0.573. The maximum absolute atomic E-state index is 11.8. The summed E-state index contributed by atoms with van der Waals surface area (Å²) in [4.78, 5) is 25.1. The first kappa shape index (κ1) is 13.3. The zero-order valence-corrected chi connectivity index (χ0v) is 10.9. The van der Waals surface area contributed by atoms with Crippen molar-refractivity contribution < 1.29 is 9.59 Å². The average Bonchev–Trinajstić information content (AvgIpc) is 2.29. The van der Waals surface area contributed by atoms with Crippen LogP contribution < -0.4 is 16.0 Å². The normalized spacial score (nSPS) is 22.3. The molecular weight excluding hydrogens is 232 g/mol. The van der Waals surface area contributed by atoms with Gasteiger partial charge in [-0.25, -0.2) is 0 Å². The Balaban J connectivity index is 1.66. The molecule has 0 radical (unpaired) electrons. The lowest BCUT2D eigenvalue weighted by Crippen LogP contribution is -2.54. The third-order valence-corrected chi connectivity index (χ3v) is 3.73. The number of nitrogens with one attached hydrogen (secondary N) is 3. The van der Waals surface area contributed by atoms with Crippen LogP contribution in [-0.2, 0) is 9.59 Å². The van der Waals surface area contributed by atoms with Gasteiger partial charge in [0.25, 0.3) is 0 Å². The lowest BCUT2D eigenvalue weighted by molar-refractivity contribution is -0.128. The van der Waals surface area contributed by atoms with Crippen LogP contribution in [0.2, 0.25) is 0 Å². The first-order valence-electron chi connectivity index (χ1n) is 6.63. The van der Waals surface area contributed by atoms with Gasteiger partial charge in [-0.1, -0.05) is 0 Å². The van der Waals surface area contributed by atoms with E-state index in [1.54, 1.807) is 7.05 Å². The van der Waals surface area contributed by atoms with Crippen molar-refractivity contribution in [3.63, 3.8) is 0 Å². The number of carbonyl (C=O) groups excluding carboxylic acids is 2. The molecule has 0 aromatic rings. The second-order valence-electron chi connectivity index (χ2n) is 5.09. The SMILES string of the molecule is CNC(=O)CN1CCC(NC(=O)C2CNC2)CC1. The Morgan fingerprint density at radius 3 is 2.44 bits per heavy atom. The number of amides is 2. The molecular formula is C12H22N4O2. The summed E-state index contributed by atoms with van der Waals surface area (Å²) in [6, 6.07) is 0.277. The van der Waals surface area contributed by atoms with Gasteiger partial charge in [-0.05, 0) is 12.8 Å². The molecule has 3 N–H and O–H groups in total. The van der Waals surface area contributed by atoms with Gasteiger partial charge in [0.2, 0.25) is 11.8 Å². The average molecular weight is 254 g/mol. The van der Waals surface area contributed by atoms with E-state index in [-0.39, 0.29) is 23.8 Å². The molecule has 0 aliphatic carbocycles. The Morgan fingerprint density at radius 2 is 1.94 bits per heavy atom. The van der Waals surface area contributed by atoms with Crippen LogP contribution in [-0.4, -0.2) is 62.5 Å². The summed E-state index contributed by atoms with van der Waals surface area (Å²) in [6.07, 6.45) is 1.87. The number of hydrogen-bond donors (Lipinski definition) is 3. The van der Waals surface area contributed by atoms with Gasteiger partial charge in [0.05, 0.1) is 12.5 Å². The predicted octanol–water partition coefficient (Wildman–Crippen LogP) is -1.47. The van der Waals surface area contributed by atoms with Crippen molar-refractivity contribution in [2.24, 2.45) is 5.92 Å². The number of hydrogen-bond acceptors (Lipinski definition) is 4. The van der Waals surface area contributed by atoms with Crippen molar-refractivity contribution in [2.45, 2.75) is 18.9 Å². The molecule has 102 valence electrons. The summed E-state index contributed by atoms with van der Waals surface area (Å²) in [5, 5.41) is 8.83. The van der Waals surface area contributed by atoms with E-state index in [1.165, 1.54) is 0 Å². The zero-order valence-electron chi connectivity index (χ0n) is 10.9. The Bertz CT molecular complexity index is 309. The van der Waals surface area contributed by atoms with Gasteiger partial charge in [-0.15, -0.1) is 0 Å². The fraction of sp³-hybridized carbons (Fsp3) is 0.833. The highest BCUT2D eigenvalue weighted by Gasteiger charge is 2.28. The molecule has 0 aromatic heterocycles. The second-order valence-corrected chi connectivity index (χ2v) is 5.09. The van der Waals surface area contributed by atoms with Crippen LogP contribution in [0.4, 0.5) is 0 Å². The Labute approximate surface area is 107 Å². The topological polar surface area (TPSA) is 73.5 Å². The maximum atomic E-state index is 11.8. The molecule has 0 aromatic carbocycles. The van der Waals surface area contributed by atoms with Crippen LogP contribution in [0.15, 0.2) is 0 Å². The third-order valence-electron chi connectivity index (χ3n) is 3.73. The number of likely N-dealkylation sites (tertiary alicyclic amines) is 1. The fourth-order valence-electron chi connectivity index (χ4n) is 2.31. The van der Waals surface area contributed by atoms with E-state index in [9.17, 15) is 9.59 Å². The largest absolute Gasteiger partial charge is 0.358 e. The monoisotopic (exact) mass is 254 g/mol. The molecule has 0 unspecified atom stereocenters. The van der Waals surface area contributed by atoms with E-state index >= 15 is 0 Å². The van der Waals surface area contributed by atoms with Crippen molar-refractivity contribution >= 4 is 11.8 Å². The van der Waals surface area contributed by atoms with Crippen molar-refractivity contribution in [1.29, 1.82) is 0 Å². The smallest absolute Gasteiger partial charge is 0.233 e. The van der Waals surface area contributed by atoms with Crippen LogP contribution in [0, 0.1) is 5.92 Å². The van der Waals surface area contributed by atoms with Gasteiger partial charge in [-0.3, -0.25) is 14.5 Å². The predicted molar refractivity (Wildman–Crippen MR) is 68.0 cm³/mol. The van der Waals surface area contributed by atoms with Crippen LogP contribution in [0.3, 0.4) is 0 Å². The first-order chi connectivity index (χ1) is 8.69. The summed E-state index contributed by atoms with van der Waals surface area (Å²) in [6.45, 7) is 3.83. The fourth-order valence-corrected chi connectivity index (χ4v) is 2.31. The maximum Gasteiger partial charge on any atom is 0.233 e. The number of piperidine rings is 1. The number of carbonyl (C=O) groups is 2. The van der Waals surface area contributed by atoms with Crippen LogP contribution >= 0.6 is 0 Å². The van der Waals surface area contributed by atoms with E-state index in [2.05, 4.69) is 20.9 Å². The highest BCUT2D eigenvalue weighted by Crippen LogP contribution is 2.11. The Hall–Kier alpha value is -1.14. The molecule has 2 heterocycles. The van der Waals surface area contributed by atoms with Crippen LogP contribution in [0.25, 0.3) is 0 Å². The van der Waals surface area contributed by atoms with Gasteiger partial charge in [0.15, 0.2) is 0 Å². The summed E-state index contributed by atoms with van der Waals surface area (Å²) < 4.78 is 0. The molecule has 2 fully saturated rings. The minimum absolute atomic E-state index is 0.0537. The van der Waals surface area contributed by atoms with E-state index in [1.807, 2.05) is 0 Å². The molecule has 0 bridgehead atoms. The minimum Gasteiger partial charge on any atom is -0.358 e. The second kappa shape index (κ2) is 6.15. The molecule has 6 nitrogen and oxygen atoms in total. The van der Waals surface area contributed by atoms with Crippen molar-refractivity contribution in [3.8, 4) is 0 Å². The Morgan fingerprint density at radius 1 is 1.28 bits per heavy atom. The summed E-state index contributed by atoms with van der Waals surface area (Å²) >= 11 is 0. The van der Waals surface area contributed by atoms with Crippen LogP contribution in [0.5, 0.6) is 0 Å². The molecule has 2 rings (SSSR count). The van der Waals surface area contributed by atoms with E-state index < -0.39 is 0 Å². The molecule has 0 saturated carbocycles.